The molecule has 1 aromatic rings. The predicted molar refractivity (Wildman–Crippen MR) is 63.8 cm³/mol. The molecule has 16 heavy (non-hydrogen) atoms. The van der Waals surface area contributed by atoms with Crippen LogP contribution < -0.4 is 0 Å². The third kappa shape index (κ3) is 2.04. The van der Waals surface area contributed by atoms with E-state index in [0.29, 0.717) is 10.6 Å². The minimum Gasteiger partial charge on any atom is -0.478 e. The lowest BCUT2D eigenvalue weighted by Gasteiger charge is -2.22. The zero-order chi connectivity index (χ0) is 11.6. The van der Waals surface area contributed by atoms with E-state index in [1.54, 1.807) is 18.3 Å². The molecule has 1 aromatic carbocycles. The summed E-state index contributed by atoms with van der Waals surface area (Å²) in [5.41, 5.74) is 0.205. The Hall–Kier alpha value is -1.49. The Morgan fingerprint density at radius 3 is 2.50 bits per heavy atom. The summed E-state index contributed by atoms with van der Waals surface area (Å²) in [4.78, 5) is 11.3. The van der Waals surface area contributed by atoms with Crippen LogP contribution in [-0.2, 0) is 10.1 Å². The van der Waals surface area contributed by atoms with Gasteiger partial charge in [0, 0.05) is 27.0 Å². The van der Waals surface area contributed by atoms with Crippen molar-refractivity contribution in [2.45, 2.75) is 17.7 Å². The molecule has 86 valence electrons. The first kappa shape index (κ1) is 11.0. The number of carboxylic acid groups (broad SMARTS) is 1. The molecule has 0 aliphatic carbocycles. The molecule has 0 bridgehead atoms. The monoisotopic (exact) mass is 239 g/mol. The van der Waals surface area contributed by atoms with Crippen molar-refractivity contribution in [2.24, 2.45) is 4.40 Å². The van der Waals surface area contributed by atoms with Crippen molar-refractivity contribution < 1.29 is 14.1 Å². The van der Waals surface area contributed by atoms with Crippen molar-refractivity contribution in [1.29, 1.82) is 0 Å². The molecule has 0 saturated heterocycles. The second-order valence-electron chi connectivity index (χ2n) is 3.72. The average molecular weight is 239 g/mol. The van der Waals surface area contributed by atoms with Gasteiger partial charge in [0.2, 0.25) is 0 Å². The van der Waals surface area contributed by atoms with Crippen LogP contribution in [0.5, 0.6) is 0 Å². The molecule has 5 heteroatoms. The highest BCUT2D eigenvalue weighted by Gasteiger charge is 2.18. The molecule has 0 unspecified atom stereocenters. The van der Waals surface area contributed by atoms with Crippen LogP contribution in [-0.4, -0.2) is 27.3 Å². The summed E-state index contributed by atoms with van der Waals surface area (Å²) in [5, 5.41) is 8.75. The van der Waals surface area contributed by atoms with E-state index >= 15 is 0 Å². The van der Waals surface area contributed by atoms with E-state index in [1.165, 1.54) is 12.1 Å². The molecule has 0 saturated carbocycles. The summed E-state index contributed by atoms with van der Waals surface area (Å²) in [6.07, 6.45) is 3.45. The quantitative estimate of drug-likeness (QED) is 0.769. The van der Waals surface area contributed by atoms with Crippen molar-refractivity contribution in [1.82, 2.24) is 0 Å². The number of carbonyl (C=O) groups is 1. The Morgan fingerprint density at radius 1 is 1.31 bits per heavy atom. The number of benzene rings is 1. The smallest absolute Gasteiger partial charge is 0.335 e. The van der Waals surface area contributed by atoms with Crippen LogP contribution in [0.2, 0.25) is 0 Å². The van der Waals surface area contributed by atoms with E-state index in [1.807, 2.05) is 0 Å². The number of nitrogens with zero attached hydrogens (tertiary/aromatic N) is 1. The zero-order valence-corrected chi connectivity index (χ0v) is 9.56. The second-order valence-corrected chi connectivity index (χ2v) is 6.32. The van der Waals surface area contributed by atoms with Crippen LogP contribution in [0.25, 0.3) is 0 Å². The molecule has 4 nitrogen and oxygen atoms in total. The molecule has 1 aliphatic rings. The van der Waals surface area contributed by atoms with Gasteiger partial charge in [0.05, 0.1) is 5.56 Å². The van der Waals surface area contributed by atoms with Crippen molar-refractivity contribution >= 4 is 22.3 Å². The molecular formula is C11H13NO3S. The minimum atomic E-state index is -2.64. The highest BCUT2D eigenvalue weighted by atomic mass is 32.3. The fourth-order valence-corrected chi connectivity index (χ4v) is 3.79. The first-order valence-corrected chi connectivity index (χ1v) is 6.93. The van der Waals surface area contributed by atoms with Gasteiger partial charge in [-0.1, -0.05) is 0 Å². The summed E-state index contributed by atoms with van der Waals surface area (Å²) in [5.74, 6) is -0.396. The average Bonchev–Trinajstić information content (AvgIpc) is 2.30. The molecule has 0 atom stereocenters. The van der Waals surface area contributed by atoms with Gasteiger partial charge < -0.3 is 5.11 Å². The number of hydrogen-bond acceptors (Lipinski definition) is 2. The lowest BCUT2D eigenvalue weighted by atomic mass is 10.2. The largest absolute Gasteiger partial charge is 0.478 e. The fraction of sp³-hybridized carbons (Fsp3) is 0.273. The van der Waals surface area contributed by atoms with Crippen LogP contribution in [0.15, 0.2) is 33.6 Å². The number of hydrogen-bond donors (Lipinski definition) is 2. The van der Waals surface area contributed by atoms with Crippen molar-refractivity contribution in [3.05, 3.63) is 29.8 Å². The molecule has 0 aromatic heterocycles. The van der Waals surface area contributed by atoms with Gasteiger partial charge in [-0.15, -0.1) is 0 Å². The van der Waals surface area contributed by atoms with Gasteiger partial charge >= 0.3 is 5.97 Å². The van der Waals surface area contributed by atoms with Crippen molar-refractivity contribution in [3.8, 4) is 0 Å². The van der Waals surface area contributed by atoms with Crippen LogP contribution >= 0.6 is 0 Å². The second kappa shape index (κ2) is 4.17. The molecule has 2 rings (SSSR count). The van der Waals surface area contributed by atoms with Crippen molar-refractivity contribution in [3.63, 3.8) is 0 Å². The summed E-state index contributed by atoms with van der Waals surface area (Å²) in [6.45, 7) is 0. The first-order chi connectivity index (χ1) is 7.62. The SMILES string of the molecule is O=C(O)c1ccc([SH]2(=O)CCCC=N2)cc1. The van der Waals surface area contributed by atoms with Gasteiger partial charge in [0.15, 0.2) is 0 Å². The van der Waals surface area contributed by atoms with E-state index in [9.17, 15) is 9.00 Å². The van der Waals surface area contributed by atoms with E-state index in [-0.39, 0.29) is 5.56 Å². The maximum atomic E-state index is 12.4. The van der Waals surface area contributed by atoms with Gasteiger partial charge in [0.1, 0.15) is 0 Å². The van der Waals surface area contributed by atoms with Gasteiger partial charge in [-0.2, -0.15) is 0 Å². The Balaban J connectivity index is 2.34. The summed E-state index contributed by atoms with van der Waals surface area (Å²) >= 11 is 0. The molecule has 0 spiro atoms. The van der Waals surface area contributed by atoms with E-state index in [2.05, 4.69) is 4.40 Å². The summed E-state index contributed by atoms with van der Waals surface area (Å²) in [6, 6.07) is 6.16. The molecular weight excluding hydrogens is 226 g/mol. The van der Waals surface area contributed by atoms with E-state index < -0.39 is 16.1 Å². The number of carboxylic acids is 1. The highest BCUT2D eigenvalue weighted by Crippen LogP contribution is 2.25. The lowest BCUT2D eigenvalue weighted by molar-refractivity contribution is 0.0697. The molecule has 0 radical (unpaired) electrons. The van der Waals surface area contributed by atoms with Crippen LogP contribution in [0.4, 0.5) is 0 Å². The molecule has 0 amide bonds. The fourth-order valence-electron chi connectivity index (χ4n) is 1.68. The molecule has 1 heterocycles. The third-order valence-electron chi connectivity index (χ3n) is 2.58. The summed E-state index contributed by atoms with van der Waals surface area (Å²) < 4.78 is 16.5. The van der Waals surface area contributed by atoms with Gasteiger partial charge in [-0.3, -0.25) is 4.21 Å². The first-order valence-electron chi connectivity index (χ1n) is 5.09. The highest BCUT2D eigenvalue weighted by molar-refractivity contribution is 8.02. The molecule has 0 fully saturated rings. The number of thiol groups is 1. The Bertz CT molecular complexity index is 479. The van der Waals surface area contributed by atoms with Crippen molar-refractivity contribution in [2.75, 3.05) is 5.75 Å². The van der Waals surface area contributed by atoms with Gasteiger partial charge in [-0.05, 0) is 37.1 Å². The van der Waals surface area contributed by atoms with E-state index in [4.69, 9.17) is 5.11 Å². The van der Waals surface area contributed by atoms with Crippen LogP contribution in [0.1, 0.15) is 23.2 Å². The molecule has 1 N–H and O–H groups in total. The zero-order valence-electron chi connectivity index (χ0n) is 8.67. The van der Waals surface area contributed by atoms with E-state index in [0.717, 1.165) is 12.8 Å². The van der Waals surface area contributed by atoms with Gasteiger partial charge in [-0.25, -0.2) is 9.19 Å². The van der Waals surface area contributed by atoms with Crippen LogP contribution in [0.3, 0.4) is 0 Å². The Kier molecular flexibility index (Phi) is 2.87. The normalized spacial score (nSPS) is 20.2. The maximum absolute atomic E-state index is 12.4. The minimum absolute atomic E-state index is 0.205. The maximum Gasteiger partial charge on any atom is 0.335 e. The Labute approximate surface area is 94.6 Å². The Morgan fingerprint density at radius 2 is 2.00 bits per heavy atom. The third-order valence-corrected chi connectivity index (χ3v) is 5.14. The number of aromatic carboxylic acids is 1. The predicted octanol–water partition coefficient (Wildman–Crippen LogP) is 1.54. The number of rotatable bonds is 2. The standard InChI is InChI=1S/C11H13NO3S/c13-11(14)9-3-5-10(6-4-9)16(15)8-2-1-7-12-16/h3-7,16H,1-2,8H2,(H,13,14). The molecule has 1 aliphatic heterocycles. The lowest BCUT2D eigenvalue weighted by Crippen LogP contribution is -2.18. The van der Waals surface area contributed by atoms with Crippen LogP contribution in [0, 0.1) is 0 Å². The topological polar surface area (TPSA) is 66.7 Å². The summed E-state index contributed by atoms with van der Waals surface area (Å²) in [7, 11) is -2.64. The van der Waals surface area contributed by atoms with Gasteiger partial charge in [0.25, 0.3) is 0 Å².